The van der Waals surface area contributed by atoms with Gasteiger partial charge in [-0.1, -0.05) is 44.2 Å². The van der Waals surface area contributed by atoms with Crippen molar-refractivity contribution >= 4 is 11.3 Å². The van der Waals surface area contributed by atoms with E-state index in [9.17, 15) is 0 Å². The summed E-state index contributed by atoms with van der Waals surface area (Å²) in [6, 6.07) is 10.7. The molecule has 1 aromatic heterocycles. The zero-order chi connectivity index (χ0) is 14.5. The maximum atomic E-state index is 5.62. The van der Waals surface area contributed by atoms with Crippen LogP contribution < -0.4 is 5.32 Å². The molecule has 1 heterocycles. The molecule has 1 atom stereocenters. The molecule has 0 saturated carbocycles. The SMILES string of the molecule is COC(CNC(C)C)c1sc(-c2ccccc2)nc1C. The molecule has 1 N–H and O–H groups in total. The van der Waals surface area contributed by atoms with Crippen LogP contribution in [0.4, 0.5) is 0 Å². The van der Waals surface area contributed by atoms with Crippen molar-refractivity contribution in [1.82, 2.24) is 10.3 Å². The first-order chi connectivity index (χ1) is 9.61. The van der Waals surface area contributed by atoms with E-state index in [1.165, 1.54) is 10.4 Å². The molecule has 1 unspecified atom stereocenters. The molecule has 0 saturated heterocycles. The summed E-state index contributed by atoms with van der Waals surface area (Å²) in [4.78, 5) is 5.90. The molecular weight excluding hydrogens is 268 g/mol. The normalized spacial score (nSPS) is 12.8. The van der Waals surface area contributed by atoms with Crippen molar-refractivity contribution in [2.75, 3.05) is 13.7 Å². The second kappa shape index (κ2) is 6.97. The first kappa shape index (κ1) is 15.2. The third-order valence-electron chi connectivity index (χ3n) is 3.14. The lowest BCUT2D eigenvalue weighted by Gasteiger charge is -2.17. The Bertz CT molecular complexity index is 537. The molecule has 1 aromatic carbocycles. The van der Waals surface area contributed by atoms with Crippen molar-refractivity contribution in [2.45, 2.75) is 32.9 Å². The van der Waals surface area contributed by atoms with E-state index in [1.54, 1.807) is 18.4 Å². The zero-order valence-corrected chi connectivity index (χ0v) is 13.3. The molecule has 4 heteroatoms. The second-order valence-electron chi connectivity index (χ2n) is 5.12. The van der Waals surface area contributed by atoms with Gasteiger partial charge < -0.3 is 10.1 Å². The summed E-state index contributed by atoms with van der Waals surface area (Å²) in [7, 11) is 1.76. The molecule has 0 bridgehead atoms. The minimum Gasteiger partial charge on any atom is -0.375 e. The largest absolute Gasteiger partial charge is 0.375 e. The van der Waals surface area contributed by atoms with Crippen molar-refractivity contribution in [3.63, 3.8) is 0 Å². The van der Waals surface area contributed by atoms with Gasteiger partial charge in [-0.15, -0.1) is 11.3 Å². The van der Waals surface area contributed by atoms with Crippen LogP contribution in [0, 0.1) is 6.92 Å². The van der Waals surface area contributed by atoms with Gasteiger partial charge in [-0.25, -0.2) is 4.98 Å². The number of aryl methyl sites for hydroxylation is 1. The zero-order valence-electron chi connectivity index (χ0n) is 12.5. The third-order valence-corrected chi connectivity index (χ3v) is 4.44. The Morgan fingerprint density at radius 3 is 2.55 bits per heavy atom. The highest BCUT2D eigenvalue weighted by Gasteiger charge is 2.18. The monoisotopic (exact) mass is 290 g/mol. The van der Waals surface area contributed by atoms with E-state index >= 15 is 0 Å². The highest BCUT2D eigenvalue weighted by Crippen LogP contribution is 2.32. The lowest BCUT2D eigenvalue weighted by molar-refractivity contribution is 0.103. The summed E-state index contributed by atoms with van der Waals surface area (Å²) < 4.78 is 5.62. The Morgan fingerprint density at radius 1 is 1.25 bits per heavy atom. The van der Waals surface area contributed by atoms with Gasteiger partial charge in [-0.05, 0) is 6.92 Å². The van der Waals surface area contributed by atoms with E-state index in [4.69, 9.17) is 4.74 Å². The molecule has 0 fully saturated rings. The predicted molar refractivity (Wildman–Crippen MR) is 85.2 cm³/mol. The fraction of sp³-hybridized carbons (Fsp3) is 0.438. The number of aromatic nitrogens is 1. The molecule has 0 spiro atoms. The minimum atomic E-state index is 0.0624. The Labute approximate surface area is 125 Å². The number of benzene rings is 1. The van der Waals surface area contributed by atoms with Gasteiger partial charge in [0.25, 0.3) is 0 Å². The first-order valence-electron chi connectivity index (χ1n) is 6.90. The average molecular weight is 290 g/mol. The Hall–Kier alpha value is -1.23. The topological polar surface area (TPSA) is 34.1 Å². The van der Waals surface area contributed by atoms with Crippen molar-refractivity contribution in [2.24, 2.45) is 0 Å². The average Bonchev–Trinajstić information content (AvgIpc) is 2.83. The number of hydrogen-bond acceptors (Lipinski definition) is 4. The van der Waals surface area contributed by atoms with Crippen LogP contribution in [0.1, 0.15) is 30.5 Å². The number of nitrogens with one attached hydrogen (secondary N) is 1. The lowest BCUT2D eigenvalue weighted by Crippen LogP contribution is -2.28. The smallest absolute Gasteiger partial charge is 0.123 e. The standard InChI is InChI=1S/C16H22N2OS/c1-11(2)17-10-14(19-4)15-12(3)18-16(20-15)13-8-6-5-7-9-13/h5-9,11,14,17H,10H2,1-4H3. The molecule has 3 nitrogen and oxygen atoms in total. The summed E-state index contributed by atoms with van der Waals surface area (Å²) in [6.07, 6.45) is 0.0624. The summed E-state index contributed by atoms with van der Waals surface area (Å²) in [5.74, 6) is 0. The van der Waals surface area contributed by atoms with E-state index < -0.39 is 0 Å². The molecule has 2 rings (SSSR count). The minimum absolute atomic E-state index is 0.0624. The summed E-state index contributed by atoms with van der Waals surface area (Å²) in [6.45, 7) is 7.15. The molecule has 0 aliphatic heterocycles. The van der Waals surface area contributed by atoms with Crippen LogP contribution in [0.3, 0.4) is 0 Å². The van der Waals surface area contributed by atoms with Gasteiger partial charge in [0.2, 0.25) is 0 Å². The van der Waals surface area contributed by atoms with Crippen LogP contribution in [-0.2, 0) is 4.74 Å². The van der Waals surface area contributed by atoms with Crippen molar-refractivity contribution < 1.29 is 4.74 Å². The van der Waals surface area contributed by atoms with Gasteiger partial charge in [-0.2, -0.15) is 0 Å². The maximum absolute atomic E-state index is 5.62. The summed E-state index contributed by atoms with van der Waals surface area (Å²) in [5, 5.41) is 4.49. The lowest BCUT2D eigenvalue weighted by atomic mass is 10.2. The third kappa shape index (κ3) is 3.66. The Kier molecular flexibility index (Phi) is 5.29. The molecule has 0 amide bonds. The molecule has 108 valence electrons. The quantitative estimate of drug-likeness (QED) is 0.878. The van der Waals surface area contributed by atoms with E-state index in [0.29, 0.717) is 6.04 Å². The Morgan fingerprint density at radius 2 is 1.95 bits per heavy atom. The molecule has 0 aliphatic rings. The van der Waals surface area contributed by atoms with E-state index in [2.05, 4.69) is 43.2 Å². The number of rotatable bonds is 6. The second-order valence-corrected chi connectivity index (χ2v) is 6.15. The highest BCUT2D eigenvalue weighted by atomic mass is 32.1. The van der Waals surface area contributed by atoms with Crippen molar-refractivity contribution in [3.8, 4) is 10.6 Å². The van der Waals surface area contributed by atoms with Crippen LogP contribution >= 0.6 is 11.3 Å². The molecule has 0 aliphatic carbocycles. The van der Waals surface area contributed by atoms with Gasteiger partial charge in [0.1, 0.15) is 11.1 Å². The van der Waals surface area contributed by atoms with Crippen molar-refractivity contribution in [1.29, 1.82) is 0 Å². The Balaban J connectivity index is 2.22. The van der Waals surface area contributed by atoms with Crippen LogP contribution in [0.5, 0.6) is 0 Å². The number of methoxy groups -OCH3 is 1. The van der Waals surface area contributed by atoms with Gasteiger partial charge >= 0.3 is 0 Å². The fourth-order valence-corrected chi connectivity index (χ4v) is 3.19. The van der Waals surface area contributed by atoms with E-state index in [0.717, 1.165) is 17.2 Å². The van der Waals surface area contributed by atoms with Crippen LogP contribution in [0.25, 0.3) is 10.6 Å². The van der Waals surface area contributed by atoms with Gasteiger partial charge in [0.15, 0.2) is 0 Å². The van der Waals surface area contributed by atoms with E-state index in [-0.39, 0.29) is 6.10 Å². The number of thiazole rings is 1. The highest BCUT2D eigenvalue weighted by molar-refractivity contribution is 7.15. The number of ether oxygens (including phenoxy) is 1. The molecule has 2 aromatic rings. The number of hydrogen-bond donors (Lipinski definition) is 1. The van der Waals surface area contributed by atoms with Gasteiger partial charge in [-0.3, -0.25) is 0 Å². The fourth-order valence-electron chi connectivity index (χ4n) is 2.04. The molecular formula is C16H22N2OS. The van der Waals surface area contributed by atoms with Gasteiger partial charge in [0, 0.05) is 25.3 Å². The van der Waals surface area contributed by atoms with E-state index in [1.807, 2.05) is 18.2 Å². The van der Waals surface area contributed by atoms with Crippen LogP contribution in [-0.4, -0.2) is 24.7 Å². The molecule has 0 radical (unpaired) electrons. The van der Waals surface area contributed by atoms with Gasteiger partial charge in [0.05, 0.1) is 10.6 Å². The van der Waals surface area contributed by atoms with Crippen molar-refractivity contribution in [3.05, 3.63) is 40.9 Å². The summed E-state index contributed by atoms with van der Waals surface area (Å²) >= 11 is 1.72. The molecule has 20 heavy (non-hydrogen) atoms. The predicted octanol–water partition coefficient (Wildman–Crippen LogP) is 3.80. The van der Waals surface area contributed by atoms with Crippen LogP contribution in [0.15, 0.2) is 30.3 Å². The van der Waals surface area contributed by atoms with Crippen LogP contribution in [0.2, 0.25) is 0 Å². The first-order valence-corrected chi connectivity index (χ1v) is 7.72. The number of nitrogens with zero attached hydrogens (tertiary/aromatic N) is 1. The maximum Gasteiger partial charge on any atom is 0.123 e. The summed E-state index contributed by atoms with van der Waals surface area (Å²) in [5.41, 5.74) is 2.23.